The number of carbonyl (C=O) groups excluding carboxylic acids is 1. The molecule has 1 amide bonds. The van der Waals surface area contributed by atoms with Crippen molar-refractivity contribution < 1.29 is 19.5 Å². The van der Waals surface area contributed by atoms with E-state index in [-0.39, 0.29) is 17.4 Å². The van der Waals surface area contributed by atoms with Crippen LogP contribution in [0.5, 0.6) is 11.5 Å². The van der Waals surface area contributed by atoms with Gasteiger partial charge in [-0.05, 0) is 36.2 Å². The molecule has 160 valence electrons. The Morgan fingerprint density at radius 2 is 2.00 bits per heavy atom. The number of piperazine rings is 1. The molecule has 2 aromatic rings. The van der Waals surface area contributed by atoms with Crippen molar-refractivity contribution >= 4 is 23.7 Å². The molecule has 2 aromatic carbocycles. The van der Waals surface area contributed by atoms with Gasteiger partial charge in [0.05, 0.1) is 25.9 Å². The molecule has 1 heterocycles. The third kappa shape index (κ3) is 6.73. The van der Waals surface area contributed by atoms with Crippen LogP contribution in [0, 0.1) is 0 Å². The van der Waals surface area contributed by atoms with Gasteiger partial charge in [-0.3, -0.25) is 9.69 Å². The average Bonchev–Trinajstić information content (AvgIpc) is 2.74. The molecule has 1 fully saturated rings. The van der Waals surface area contributed by atoms with Crippen LogP contribution in [-0.4, -0.2) is 56.4 Å². The normalized spacial score (nSPS) is 15.4. The molecule has 30 heavy (non-hydrogen) atoms. The summed E-state index contributed by atoms with van der Waals surface area (Å²) in [6, 6.07) is 12.6. The van der Waals surface area contributed by atoms with E-state index in [4.69, 9.17) is 16.3 Å². The SMILES string of the molecule is CCOc1cc(C=NNC(=O)C[NH+]2CCN(Cc3ccc(Cl)cc3)CC2)ccc1[O-]. The molecular weight excluding hydrogens is 404 g/mol. The van der Waals surface area contributed by atoms with E-state index in [9.17, 15) is 9.90 Å². The zero-order valence-corrected chi connectivity index (χ0v) is 17.8. The fourth-order valence-corrected chi connectivity index (χ4v) is 3.50. The topological polar surface area (TPSA) is 81.4 Å². The van der Waals surface area contributed by atoms with Crippen LogP contribution in [0.3, 0.4) is 0 Å². The van der Waals surface area contributed by atoms with E-state index in [2.05, 4.69) is 27.6 Å². The van der Waals surface area contributed by atoms with Gasteiger partial charge >= 0.3 is 0 Å². The smallest absolute Gasteiger partial charge is 0.295 e. The second-order valence-electron chi connectivity index (χ2n) is 7.26. The molecule has 3 rings (SSSR count). The third-order valence-corrected chi connectivity index (χ3v) is 5.22. The molecule has 0 aromatic heterocycles. The molecule has 7 nitrogen and oxygen atoms in total. The number of amides is 1. The van der Waals surface area contributed by atoms with Gasteiger partial charge in [0.25, 0.3) is 5.91 Å². The van der Waals surface area contributed by atoms with Crippen molar-refractivity contribution in [3.8, 4) is 11.5 Å². The molecule has 0 radical (unpaired) electrons. The summed E-state index contributed by atoms with van der Waals surface area (Å²) in [6.45, 7) is 7.22. The van der Waals surface area contributed by atoms with Crippen molar-refractivity contribution in [3.63, 3.8) is 0 Å². The summed E-state index contributed by atoms with van der Waals surface area (Å²) in [5.74, 6) is -0.0107. The highest BCUT2D eigenvalue weighted by atomic mass is 35.5. The number of ether oxygens (including phenoxy) is 1. The Balaban J connectivity index is 1.40. The maximum absolute atomic E-state index is 12.2. The molecule has 0 aliphatic carbocycles. The van der Waals surface area contributed by atoms with Gasteiger partial charge < -0.3 is 14.7 Å². The number of halogens is 1. The fraction of sp³-hybridized carbons (Fsp3) is 0.364. The van der Waals surface area contributed by atoms with Crippen LogP contribution in [0.2, 0.25) is 5.02 Å². The van der Waals surface area contributed by atoms with E-state index in [1.165, 1.54) is 22.7 Å². The summed E-state index contributed by atoms with van der Waals surface area (Å²) in [4.78, 5) is 15.8. The first-order chi connectivity index (χ1) is 14.5. The first-order valence-electron chi connectivity index (χ1n) is 10.1. The standard InChI is InChI=1S/C22H27ClN4O3/c1-2-30-21-13-18(5-8-20(21)28)14-24-25-22(29)16-27-11-9-26(10-12-27)15-17-3-6-19(23)7-4-17/h3-8,13-14,28H,2,9-12,15-16H2,1H3,(H,25,29). The molecule has 8 heteroatoms. The first kappa shape index (κ1) is 22.1. The Bertz CT molecular complexity index is 865. The summed E-state index contributed by atoms with van der Waals surface area (Å²) in [6.07, 6.45) is 1.51. The van der Waals surface area contributed by atoms with Gasteiger partial charge in [0.15, 0.2) is 6.54 Å². The fourth-order valence-electron chi connectivity index (χ4n) is 3.37. The zero-order valence-electron chi connectivity index (χ0n) is 17.1. The predicted octanol–water partition coefficient (Wildman–Crippen LogP) is 0.663. The summed E-state index contributed by atoms with van der Waals surface area (Å²) in [7, 11) is 0. The lowest BCUT2D eigenvalue weighted by molar-refractivity contribution is -0.896. The molecule has 1 aliphatic heterocycles. The number of nitrogens with zero attached hydrogens (tertiary/aromatic N) is 2. The summed E-state index contributed by atoms with van der Waals surface area (Å²) < 4.78 is 5.28. The molecule has 2 N–H and O–H groups in total. The van der Waals surface area contributed by atoms with Crippen LogP contribution in [-0.2, 0) is 11.3 Å². The second-order valence-corrected chi connectivity index (χ2v) is 7.70. The molecule has 0 saturated carbocycles. The van der Waals surface area contributed by atoms with Gasteiger partial charge in [-0.25, -0.2) is 5.43 Å². The molecule has 1 aliphatic rings. The van der Waals surface area contributed by atoms with E-state index in [0.717, 1.165) is 37.7 Å². The molecule has 0 spiro atoms. The summed E-state index contributed by atoms with van der Waals surface area (Å²) >= 11 is 5.94. The van der Waals surface area contributed by atoms with Gasteiger partial charge in [0.2, 0.25) is 0 Å². The van der Waals surface area contributed by atoms with Crippen LogP contribution in [0.4, 0.5) is 0 Å². The Hall–Kier alpha value is -2.61. The van der Waals surface area contributed by atoms with Gasteiger partial charge in [-0.1, -0.05) is 41.6 Å². The maximum atomic E-state index is 12.2. The highest BCUT2D eigenvalue weighted by molar-refractivity contribution is 6.30. The van der Waals surface area contributed by atoms with Crippen molar-refractivity contribution in [2.75, 3.05) is 39.3 Å². The number of hydrogen-bond donors (Lipinski definition) is 2. The Morgan fingerprint density at radius 1 is 1.27 bits per heavy atom. The van der Waals surface area contributed by atoms with E-state index in [1.807, 2.05) is 19.1 Å². The minimum Gasteiger partial charge on any atom is -0.870 e. The molecule has 0 atom stereocenters. The molecule has 0 unspecified atom stereocenters. The Morgan fingerprint density at radius 3 is 2.70 bits per heavy atom. The second kappa shape index (κ2) is 11.0. The van der Waals surface area contributed by atoms with Gasteiger partial charge in [0.1, 0.15) is 5.75 Å². The minimum atomic E-state index is -0.170. The van der Waals surface area contributed by atoms with Gasteiger partial charge in [0, 0.05) is 24.7 Å². The van der Waals surface area contributed by atoms with Gasteiger partial charge in [-0.15, -0.1) is 0 Å². The Kier molecular flexibility index (Phi) is 8.07. The maximum Gasteiger partial charge on any atom is 0.295 e. The number of carbonyl (C=O) groups is 1. The van der Waals surface area contributed by atoms with Crippen molar-refractivity contribution in [1.29, 1.82) is 0 Å². The average molecular weight is 431 g/mol. The number of nitrogens with one attached hydrogen (secondary N) is 2. The third-order valence-electron chi connectivity index (χ3n) is 4.96. The van der Waals surface area contributed by atoms with Crippen LogP contribution < -0.4 is 20.2 Å². The number of benzene rings is 2. The summed E-state index contributed by atoms with van der Waals surface area (Å²) in [5.41, 5.74) is 4.50. The van der Waals surface area contributed by atoms with Crippen LogP contribution in [0.25, 0.3) is 0 Å². The van der Waals surface area contributed by atoms with Crippen LogP contribution >= 0.6 is 11.6 Å². The summed E-state index contributed by atoms with van der Waals surface area (Å²) in [5, 5.41) is 16.4. The first-order valence-corrected chi connectivity index (χ1v) is 10.5. The van der Waals surface area contributed by atoms with Crippen molar-refractivity contribution in [2.24, 2.45) is 5.10 Å². The lowest BCUT2D eigenvalue weighted by Gasteiger charge is -2.31. The Labute approximate surface area is 181 Å². The number of rotatable bonds is 8. The van der Waals surface area contributed by atoms with E-state index in [0.29, 0.717) is 18.7 Å². The molecule has 1 saturated heterocycles. The van der Waals surface area contributed by atoms with E-state index < -0.39 is 0 Å². The lowest BCUT2D eigenvalue weighted by Crippen LogP contribution is -3.15. The van der Waals surface area contributed by atoms with Gasteiger partial charge in [-0.2, -0.15) is 5.10 Å². The number of hydrogen-bond acceptors (Lipinski definition) is 5. The lowest BCUT2D eigenvalue weighted by atomic mass is 10.2. The molecule has 0 bridgehead atoms. The van der Waals surface area contributed by atoms with Crippen molar-refractivity contribution in [1.82, 2.24) is 10.3 Å². The van der Waals surface area contributed by atoms with Crippen LogP contribution in [0.15, 0.2) is 47.6 Å². The minimum absolute atomic E-state index is 0.127. The number of quaternary nitrogens is 1. The highest BCUT2D eigenvalue weighted by Gasteiger charge is 2.22. The van der Waals surface area contributed by atoms with E-state index in [1.54, 1.807) is 12.1 Å². The molecular formula is C22H27ClN4O3. The largest absolute Gasteiger partial charge is 0.870 e. The van der Waals surface area contributed by atoms with Crippen molar-refractivity contribution in [2.45, 2.75) is 13.5 Å². The number of hydrazone groups is 1. The van der Waals surface area contributed by atoms with Crippen molar-refractivity contribution in [3.05, 3.63) is 58.6 Å². The monoisotopic (exact) mass is 430 g/mol. The zero-order chi connectivity index (χ0) is 21.3. The van der Waals surface area contributed by atoms with Crippen LogP contribution in [0.1, 0.15) is 18.1 Å². The predicted molar refractivity (Wildman–Crippen MR) is 115 cm³/mol. The van der Waals surface area contributed by atoms with E-state index >= 15 is 0 Å². The highest BCUT2D eigenvalue weighted by Crippen LogP contribution is 2.23. The quantitative estimate of drug-likeness (QED) is 0.476.